The minimum absolute atomic E-state index is 0.0610. The van der Waals surface area contributed by atoms with Gasteiger partial charge in [0.15, 0.2) is 0 Å². The van der Waals surface area contributed by atoms with E-state index in [0.717, 1.165) is 25.7 Å². The molecule has 0 saturated carbocycles. The second kappa shape index (κ2) is 7.67. The van der Waals surface area contributed by atoms with Crippen molar-refractivity contribution in [1.29, 1.82) is 0 Å². The van der Waals surface area contributed by atoms with Crippen molar-refractivity contribution in [1.82, 2.24) is 5.32 Å². The van der Waals surface area contributed by atoms with E-state index in [0.29, 0.717) is 0 Å². The molecule has 1 saturated heterocycles. The number of rotatable bonds is 6. The number of nitrogens with one attached hydrogen (secondary N) is 2. The molecule has 0 amide bonds. The molecule has 0 radical (unpaired) electrons. The number of ether oxygens (including phenoxy) is 1. The summed E-state index contributed by atoms with van der Waals surface area (Å²) in [5.41, 5.74) is 5.14. The third-order valence-electron chi connectivity index (χ3n) is 5.64. The normalized spacial score (nSPS) is 26.7. The van der Waals surface area contributed by atoms with Gasteiger partial charge in [0, 0.05) is 11.1 Å². The third-order valence-corrected chi connectivity index (χ3v) is 5.64. The maximum absolute atomic E-state index is 12.1. The van der Waals surface area contributed by atoms with Gasteiger partial charge in [-0.1, -0.05) is 41.5 Å². The molecule has 0 unspecified atom stereocenters. The summed E-state index contributed by atoms with van der Waals surface area (Å²) in [6.45, 7) is 6.49. The zero-order valence-corrected chi connectivity index (χ0v) is 16.3. The van der Waals surface area contributed by atoms with Crippen LogP contribution in [-0.4, -0.2) is 25.3 Å². The molecule has 4 heteroatoms. The predicted molar refractivity (Wildman–Crippen MR) is 106 cm³/mol. The first kappa shape index (κ1) is 18.7. The molecule has 2 aliphatic heterocycles. The molecule has 3 atom stereocenters. The van der Waals surface area contributed by atoms with Crippen LogP contribution in [0.25, 0.3) is 0 Å². The van der Waals surface area contributed by atoms with E-state index >= 15 is 0 Å². The van der Waals surface area contributed by atoms with Crippen molar-refractivity contribution < 1.29 is 9.53 Å². The van der Waals surface area contributed by atoms with Crippen molar-refractivity contribution >= 4 is 11.7 Å². The van der Waals surface area contributed by atoms with E-state index in [1.165, 1.54) is 29.5 Å². The Labute approximate surface area is 156 Å². The van der Waals surface area contributed by atoms with Crippen LogP contribution in [-0.2, 0) is 14.9 Å². The van der Waals surface area contributed by atoms with Crippen LogP contribution in [0.15, 0.2) is 47.6 Å². The minimum Gasteiger partial charge on any atom is -0.468 e. The number of benzene rings is 1. The molecule has 0 aliphatic carbocycles. The summed E-state index contributed by atoms with van der Waals surface area (Å²) < 4.78 is 4.98. The Hall–Kier alpha value is -2.07. The highest BCUT2D eigenvalue weighted by atomic mass is 16.5. The van der Waals surface area contributed by atoms with Crippen molar-refractivity contribution in [2.75, 3.05) is 12.4 Å². The van der Waals surface area contributed by atoms with Gasteiger partial charge in [-0.25, -0.2) is 0 Å². The first-order valence-electron chi connectivity index (χ1n) is 9.45. The Bertz CT molecular complexity index is 733. The van der Waals surface area contributed by atoms with Gasteiger partial charge in [0.2, 0.25) is 0 Å². The summed E-state index contributed by atoms with van der Waals surface area (Å²) in [5, 5.41) is 7.02. The molecule has 2 aliphatic rings. The standard InChI is InChI=1S/C22H30N2O2/c1-15(2)8-7-9-16(3)12-13-22-14-19(20(25)26-4)24-21(22)23-18-11-6-5-10-17(18)22/h5-6,8,10-12,19,21,23-24H,7,9,13-14H2,1-4H3/b16-12+/t19-,21+,22-/m1/s1. The van der Waals surface area contributed by atoms with Crippen LogP contribution in [0, 0.1) is 0 Å². The molecule has 1 aromatic carbocycles. The fraction of sp³-hybridized carbons (Fsp3) is 0.500. The van der Waals surface area contributed by atoms with Gasteiger partial charge >= 0.3 is 5.97 Å². The highest BCUT2D eigenvalue weighted by Gasteiger charge is 2.54. The molecular weight excluding hydrogens is 324 g/mol. The van der Waals surface area contributed by atoms with Crippen LogP contribution in [0.4, 0.5) is 5.69 Å². The fourth-order valence-electron chi connectivity index (χ4n) is 4.20. The molecule has 2 N–H and O–H groups in total. The first-order chi connectivity index (χ1) is 12.5. The van der Waals surface area contributed by atoms with Crippen molar-refractivity contribution in [2.24, 2.45) is 0 Å². The number of hydrogen-bond acceptors (Lipinski definition) is 4. The number of allylic oxidation sites excluding steroid dienone is 4. The van der Waals surface area contributed by atoms with E-state index < -0.39 is 0 Å². The highest BCUT2D eigenvalue weighted by Crippen LogP contribution is 2.49. The largest absolute Gasteiger partial charge is 0.468 e. The topological polar surface area (TPSA) is 50.4 Å². The van der Waals surface area contributed by atoms with Gasteiger partial charge in [0.1, 0.15) is 6.04 Å². The number of carbonyl (C=O) groups excluding carboxylic acids is 1. The van der Waals surface area contributed by atoms with E-state index in [4.69, 9.17) is 4.74 Å². The summed E-state index contributed by atoms with van der Waals surface area (Å²) in [6, 6.07) is 8.19. The monoisotopic (exact) mass is 354 g/mol. The van der Waals surface area contributed by atoms with E-state index in [1.807, 2.05) is 0 Å². The Balaban J connectivity index is 1.82. The maximum atomic E-state index is 12.1. The molecule has 2 heterocycles. The average molecular weight is 354 g/mol. The van der Waals surface area contributed by atoms with Crippen LogP contribution in [0.1, 0.15) is 52.0 Å². The predicted octanol–water partition coefficient (Wildman–Crippen LogP) is 4.29. The second-order valence-electron chi connectivity index (χ2n) is 7.80. The van der Waals surface area contributed by atoms with Gasteiger partial charge < -0.3 is 10.1 Å². The SMILES string of the molecule is COC(=O)[C@H]1C[C@]2(C/C=C(\C)CCC=C(C)C)c3ccccc3N[C@H]2N1. The molecule has 1 fully saturated rings. The smallest absolute Gasteiger partial charge is 0.322 e. The van der Waals surface area contributed by atoms with Crippen LogP contribution in [0.2, 0.25) is 0 Å². The average Bonchev–Trinajstić information content (AvgIpc) is 3.12. The Morgan fingerprint density at radius 2 is 2.04 bits per heavy atom. The molecule has 140 valence electrons. The zero-order chi connectivity index (χ0) is 18.7. The zero-order valence-electron chi connectivity index (χ0n) is 16.3. The lowest BCUT2D eigenvalue weighted by Crippen LogP contribution is -2.43. The van der Waals surface area contributed by atoms with Crippen molar-refractivity contribution in [3.05, 3.63) is 53.1 Å². The molecule has 0 bridgehead atoms. The van der Waals surface area contributed by atoms with E-state index in [2.05, 4.69) is 67.8 Å². The summed E-state index contributed by atoms with van der Waals surface area (Å²) in [5.74, 6) is -0.178. The molecule has 0 aromatic heterocycles. The van der Waals surface area contributed by atoms with Crippen molar-refractivity contribution in [3.63, 3.8) is 0 Å². The van der Waals surface area contributed by atoms with Gasteiger partial charge in [-0.15, -0.1) is 0 Å². The summed E-state index contributed by atoms with van der Waals surface area (Å²) >= 11 is 0. The number of fused-ring (bicyclic) bond motifs is 3. The Morgan fingerprint density at radius 3 is 2.77 bits per heavy atom. The third kappa shape index (κ3) is 3.56. The molecule has 4 nitrogen and oxygen atoms in total. The van der Waals surface area contributed by atoms with Gasteiger partial charge in [-0.3, -0.25) is 10.1 Å². The molecule has 1 aromatic rings. The lowest BCUT2D eigenvalue weighted by molar-refractivity contribution is -0.142. The van der Waals surface area contributed by atoms with E-state index in [9.17, 15) is 4.79 Å². The maximum Gasteiger partial charge on any atom is 0.322 e. The van der Waals surface area contributed by atoms with Crippen LogP contribution >= 0.6 is 0 Å². The fourth-order valence-corrected chi connectivity index (χ4v) is 4.20. The van der Waals surface area contributed by atoms with Crippen LogP contribution in [0.3, 0.4) is 0 Å². The van der Waals surface area contributed by atoms with Gasteiger partial charge in [0.05, 0.1) is 13.3 Å². The quantitative estimate of drug-likeness (QED) is 0.591. The Kier molecular flexibility index (Phi) is 5.52. The lowest BCUT2D eigenvalue weighted by Gasteiger charge is -2.28. The van der Waals surface area contributed by atoms with Crippen LogP contribution in [0.5, 0.6) is 0 Å². The number of para-hydroxylation sites is 1. The summed E-state index contributed by atoms with van der Waals surface area (Å²) in [6.07, 6.45) is 8.54. The number of esters is 1. The molecule has 3 rings (SSSR count). The summed E-state index contributed by atoms with van der Waals surface area (Å²) in [7, 11) is 1.46. The van der Waals surface area contributed by atoms with Gasteiger partial charge in [-0.05, 0) is 58.1 Å². The number of carbonyl (C=O) groups is 1. The molecular formula is C22H30N2O2. The summed E-state index contributed by atoms with van der Waals surface area (Å²) in [4.78, 5) is 12.1. The van der Waals surface area contributed by atoms with E-state index in [1.54, 1.807) is 0 Å². The van der Waals surface area contributed by atoms with Gasteiger partial charge in [0.25, 0.3) is 0 Å². The van der Waals surface area contributed by atoms with Crippen LogP contribution < -0.4 is 10.6 Å². The first-order valence-corrected chi connectivity index (χ1v) is 9.45. The number of anilines is 1. The number of hydrogen-bond donors (Lipinski definition) is 2. The van der Waals surface area contributed by atoms with Crippen molar-refractivity contribution in [3.8, 4) is 0 Å². The lowest BCUT2D eigenvalue weighted by atomic mass is 9.75. The second-order valence-corrected chi connectivity index (χ2v) is 7.80. The number of methoxy groups -OCH3 is 1. The van der Waals surface area contributed by atoms with E-state index in [-0.39, 0.29) is 23.6 Å². The van der Waals surface area contributed by atoms with Gasteiger partial charge in [-0.2, -0.15) is 0 Å². The highest BCUT2D eigenvalue weighted by molar-refractivity contribution is 5.78. The molecule has 0 spiro atoms. The molecule has 26 heavy (non-hydrogen) atoms. The minimum atomic E-state index is -0.259. The Morgan fingerprint density at radius 1 is 1.27 bits per heavy atom. The van der Waals surface area contributed by atoms with Crippen molar-refractivity contribution in [2.45, 2.75) is 64.1 Å².